The normalized spacial score (nSPS) is 10.1. The molecule has 0 fully saturated rings. The zero-order chi connectivity index (χ0) is 12.0. The molecule has 0 atom stereocenters. The molecule has 0 saturated heterocycles. The minimum absolute atomic E-state index is 0.361. The van der Waals surface area contributed by atoms with Crippen LogP contribution in [0, 0.1) is 6.92 Å². The molecule has 4 nitrogen and oxygen atoms in total. The van der Waals surface area contributed by atoms with E-state index in [1.54, 1.807) is 6.07 Å². The van der Waals surface area contributed by atoms with Crippen LogP contribution in [0.25, 0.3) is 0 Å². The first kappa shape index (κ1) is 12.0. The zero-order valence-corrected chi connectivity index (χ0v) is 9.19. The van der Waals surface area contributed by atoms with E-state index in [0.717, 1.165) is 23.4 Å². The van der Waals surface area contributed by atoms with E-state index in [0.29, 0.717) is 0 Å². The molecule has 0 spiro atoms. The first-order valence-electron chi connectivity index (χ1n) is 4.76. The number of carbonyl (C=O) groups is 2. The van der Waals surface area contributed by atoms with Crippen LogP contribution in [-0.4, -0.2) is 19.0 Å². The number of amides is 1. The van der Waals surface area contributed by atoms with Crippen LogP contribution in [0.2, 0.25) is 0 Å². The predicted molar refractivity (Wildman–Crippen MR) is 61.0 cm³/mol. The first-order valence-corrected chi connectivity index (χ1v) is 4.76. The van der Waals surface area contributed by atoms with Gasteiger partial charge < -0.3 is 10.1 Å². The van der Waals surface area contributed by atoms with Crippen LogP contribution in [0.1, 0.15) is 5.56 Å². The monoisotopic (exact) mass is 219 g/mol. The molecule has 0 saturated carbocycles. The van der Waals surface area contributed by atoms with Crippen molar-refractivity contribution in [2.75, 3.05) is 12.4 Å². The van der Waals surface area contributed by atoms with E-state index in [2.05, 4.69) is 10.1 Å². The molecule has 84 valence electrons. The Morgan fingerprint density at radius 3 is 2.56 bits per heavy atom. The second kappa shape index (κ2) is 5.70. The number of hydrogen-bond acceptors (Lipinski definition) is 3. The lowest BCUT2D eigenvalue weighted by atomic mass is 10.2. The molecule has 0 aliphatic carbocycles. The lowest BCUT2D eigenvalue weighted by molar-refractivity contribution is -0.135. The highest BCUT2D eigenvalue weighted by atomic mass is 16.5. The van der Waals surface area contributed by atoms with Crippen molar-refractivity contribution < 1.29 is 14.3 Å². The minimum atomic E-state index is -0.556. The van der Waals surface area contributed by atoms with Gasteiger partial charge in [-0.2, -0.15) is 0 Å². The van der Waals surface area contributed by atoms with E-state index >= 15 is 0 Å². The summed E-state index contributed by atoms with van der Waals surface area (Å²) in [5.41, 5.74) is 1.68. The van der Waals surface area contributed by atoms with Crippen LogP contribution in [0.5, 0.6) is 0 Å². The van der Waals surface area contributed by atoms with Gasteiger partial charge in [-0.05, 0) is 18.6 Å². The molecule has 1 aromatic carbocycles. The zero-order valence-electron chi connectivity index (χ0n) is 9.19. The molecule has 16 heavy (non-hydrogen) atoms. The average Bonchev–Trinajstić information content (AvgIpc) is 2.29. The lowest BCUT2D eigenvalue weighted by Gasteiger charge is -2.04. The van der Waals surface area contributed by atoms with Crippen LogP contribution < -0.4 is 5.32 Å². The molecule has 0 aliphatic rings. The third-order valence-corrected chi connectivity index (χ3v) is 1.97. The van der Waals surface area contributed by atoms with E-state index in [1.165, 1.54) is 7.11 Å². The summed E-state index contributed by atoms with van der Waals surface area (Å²) in [7, 11) is 1.26. The van der Waals surface area contributed by atoms with Crippen molar-refractivity contribution in [3.63, 3.8) is 0 Å². The largest absolute Gasteiger partial charge is 0.466 e. The maximum atomic E-state index is 11.4. The average molecular weight is 219 g/mol. The topological polar surface area (TPSA) is 55.4 Å². The quantitative estimate of drug-likeness (QED) is 0.621. The number of hydrogen-bond donors (Lipinski definition) is 1. The molecule has 4 heteroatoms. The predicted octanol–water partition coefficient (Wildman–Crippen LogP) is 1.66. The minimum Gasteiger partial charge on any atom is -0.466 e. The summed E-state index contributed by atoms with van der Waals surface area (Å²) in [6, 6.07) is 7.39. The standard InChI is InChI=1S/C12H13NO3/c1-9-5-3-4-6-10(9)13-11(14)7-8-12(15)16-2/h3-8H,1-2H3,(H,13,14). The molecule has 1 aromatic rings. The summed E-state index contributed by atoms with van der Waals surface area (Å²) in [5.74, 6) is -0.917. The van der Waals surface area contributed by atoms with E-state index in [-0.39, 0.29) is 5.91 Å². The molecule has 1 rings (SSSR count). The summed E-state index contributed by atoms with van der Waals surface area (Å²) >= 11 is 0. The number of ether oxygens (including phenoxy) is 1. The number of nitrogens with one attached hydrogen (secondary N) is 1. The molecular formula is C12H13NO3. The number of carbonyl (C=O) groups excluding carboxylic acids is 2. The van der Waals surface area contributed by atoms with Gasteiger partial charge in [-0.1, -0.05) is 18.2 Å². The van der Waals surface area contributed by atoms with E-state index in [9.17, 15) is 9.59 Å². The maximum absolute atomic E-state index is 11.4. The van der Waals surface area contributed by atoms with Gasteiger partial charge in [0.15, 0.2) is 0 Å². The van der Waals surface area contributed by atoms with Gasteiger partial charge in [0, 0.05) is 17.8 Å². The highest BCUT2D eigenvalue weighted by Crippen LogP contribution is 2.12. The van der Waals surface area contributed by atoms with E-state index in [1.807, 2.05) is 25.1 Å². The van der Waals surface area contributed by atoms with Gasteiger partial charge in [-0.25, -0.2) is 4.79 Å². The van der Waals surface area contributed by atoms with Gasteiger partial charge in [-0.15, -0.1) is 0 Å². The van der Waals surface area contributed by atoms with Gasteiger partial charge >= 0.3 is 5.97 Å². The highest BCUT2D eigenvalue weighted by molar-refractivity contribution is 6.02. The molecule has 0 bridgehead atoms. The van der Waals surface area contributed by atoms with Crippen LogP contribution in [0.4, 0.5) is 5.69 Å². The van der Waals surface area contributed by atoms with Crippen molar-refractivity contribution >= 4 is 17.6 Å². The number of esters is 1. The van der Waals surface area contributed by atoms with Crippen LogP contribution in [0.15, 0.2) is 36.4 Å². The Bertz CT molecular complexity index is 424. The number of benzene rings is 1. The fraction of sp³-hybridized carbons (Fsp3) is 0.167. The van der Waals surface area contributed by atoms with E-state index in [4.69, 9.17) is 0 Å². The van der Waals surface area contributed by atoms with Crippen molar-refractivity contribution in [3.8, 4) is 0 Å². The van der Waals surface area contributed by atoms with Crippen molar-refractivity contribution in [2.24, 2.45) is 0 Å². The Hall–Kier alpha value is -2.10. The molecular weight excluding hydrogens is 206 g/mol. The maximum Gasteiger partial charge on any atom is 0.330 e. The Balaban J connectivity index is 2.62. The van der Waals surface area contributed by atoms with Crippen LogP contribution in [0.3, 0.4) is 0 Å². The van der Waals surface area contributed by atoms with Crippen LogP contribution >= 0.6 is 0 Å². The van der Waals surface area contributed by atoms with Gasteiger partial charge in [-0.3, -0.25) is 4.79 Å². The first-order chi connectivity index (χ1) is 7.63. The number of methoxy groups -OCH3 is 1. The van der Waals surface area contributed by atoms with Crippen molar-refractivity contribution in [2.45, 2.75) is 6.92 Å². The second-order valence-electron chi connectivity index (χ2n) is 3.16. The number of anilines is 1. The van der Waals surface area contributed by atoms with Gasteiger partial charge in [0.2, 0.25) is 5.91 Å². The second-order valence-corrected chi connectivity index (χ2v) is 3.16. The Labute approximate surface area is 93.9 Å². The third-order valence-electron chi connectivity index (χ3n) is 1.97. The molecule has 0 heterocycles. The van der Waals surface area contributed by atoms with Crippen molar-refractivity contribution in [1.29, 1.82) is 0 Å². The van der Waals surface area contributed by atoms with Crippen molar-refractivity contribution in [1.82, 2.24) is 0 Å². The summed E-state index contributed by atoms with van der Waals surface area (Å²) in [6.45, 7) is 1.89. The number of aryl methyl sites for hydroxylation is 1. The van der Waals surface area contributed by atoms with Gasteiger partial charge in [0.25, 0.3) is 0 Å². The summed E-state index contributed by atoms with van der Waals surface area (Å²) < 4.78 is 4.37. The molecule has 0 aliphatic heterocycles. The lowest BCUT2D eigenvalue weighted by Crippen LogP contribution is -2.09. The Morgan fingerprint density at radius 2 is 1.94 bits per heavy atom. The van der Waals surface area contributed by atoms with E-state index < -0.39 is 5.97 Å². The summed E-state index contributed by atoms with van der Waals surface area (Å²) in [5, 5.41) is 2.66. The highest BCUT2D eigenvalue weighted by Gasteiger charge is 2.01. The molecule has 0 aromatic heterocycles. The summed E-state index contributed by atoms with van der Waals surface area (Å²) in [6.07, 6.45) is 2.21. The van der Waals surface area contributed by atoms with Crippen LogP contribution in [-0.2, 0) is 14.3 Å². The molecule has 0 radical (unpaired) electrons. The smallest absolute Gasteiger partial charge is 0.330 e. The Kier molecular flexibility index (Phi) is 4.27. The summed E-state index contributed by atoms with van der Waals surface area (Å²) in [4.78, 5) is 22.1. The van der Waals surface area contributed by atoms with Crippen molar-refractivity contribution in [3.05, 3.63) is 42.0 Å². The number of rotatable bonds is 3. The molecule has 0 unspecified atom stereocenters. The van der Waals surface area contributed by atoms with Gasteiger partial charge in [0.05, 0.1) is 7.11 Å². The molecule has 1 amide bonds. The SMILES string of the molecule is COC(=O)C=CC(=O)Nc1ccccc1C. The third kappa shape index (κ3) is 3.57. The fourth-order valence-electron chi connectivity index (χ4n) is 1.10. The fourth-order valence-corrected chi connectivity index (χ4v) is 1.10. The molecule has 1 N–H and O–H groups in total. The Morgan fingerprint density at radius 1 is 1.25 bits per heavy atom. The number of para-hydroxylation sites is 1. The van der Waals surface area contributed by atoms with Gasteiger partial charge in [0.1, 0.15) is 0 Å².